The molecule has 1 saturated heterocycles. The van der Waals surface area contributed by atoms with Crippen molar-refractivity contribution in [2.75, 3.05) is 13.2 Å². The van der Waals surface area contributed by atoms with Crippen molar-refractivity contribution in [3.05, 3.63) is 73.9 Å². The first kappa shape index (κ1) is 23.7. The zero-order valence-corrected chi connectivity index (χ0v) is 20.1. The molecule has 0 spiro atoms. The second-order valence-electron chi connectivity index (χ2n) is 9.47. The molecule has 1 aromatic carbocycles. The number of aromatic nitrogens is 5. The smallest absolute Gasteiger partial charge is 0.327 e. The van der Waals surface area contributed by atoms with Crippen molar-refractivity contribution in [2.24, 2.45) is 5.92 Å². The van der Waals surface area contributed by atoms with Gasteiger partial charge >= 0.3 is 5.97 Å². The number of nitrogens with one attached hydrogen (secondary N) is 1. The van der Waals surface area contributed by atoms with Gasteiger partial charge in [0.1, 0.15) is 0 Å². The molecule has 0 bridgehead atoms. The number of nitrogens with zero attached hydrogens (tertiary/aromatic N) is 4. The number of ether oxygens (including phenoxy) is 1. The maximum atomic E-state index is 12.7. The van der Waals surface area contributed by atoms with Gasteiger partial charge in [-0.25, -0.2) is 0 Å². The van der Waals surface area contributed by atoms with Crippen molar-refractivity contribution < 1.29 is 14.6 Å². The summed E-state index contributed by atoms with van der Waals surface area (Å²) in [7, 11) is 0. The lowest BCUT2D eigenvalue weighted by Crippen LogP contribution is -2.18. The lowest BCUT2D eigenvalue weighted by Gasteiger charge is -2.22. The van der Waals surface area contributed by atoms with Crippen LogP contribution in [0.3, 0.4) is 0 Å². The van der Waals surface area contributed by atoms with E-state index in [1.807, 2.05) is 18.2 Å². The van der Waals surface area contributed by atoms with Crippen LogP contribution >= 0.6 is 11.6 Å². The quantitative estimate of drug-likeness (QED) is 0.440. The maximum absolute atomic E-state index is 12.7. The van der Waals surface area contributed by atoms with Crippen molar-refractivity contribution in [1.29, 1.82) is 0 Å². The predicted octanol–water partition coefficient (Wildman–Crippen LogP) is 3.32. The van der Waals surface area contributed by atoms with E-state index in [0.717, 1.165) is 66.1 Å². The Kier molecular flexibility index (Phi) is 6.97. The standard InChI is InChI=1S/C25H28ClN5O4/c26-21-12-18(4-3-17(21)5-8-23-28-30-31(29-23)13-24(32)33)20(11-15-9-10-35-14-15)22-7-6-19(16-1-2-16)25(34)27-22/h3-4,6-7,12,15-16,20H,1-2,5,8-11,13-14H2,(H,27,34)(H,32,33)/t15-,20?/m1/s1. The number of hydrogen-bond donors (Lipinski definition) is 2. The summed E-state index contributed by atoms with van der Waals surface area (Å²) in [6.07, 6.45) is 5.18. The first-order valence-electron chi connectivity index (χ1n) is 12.0. The molecule has 1 aliphatic carbocycles. The van der Waals surface area contributed by atoms with Crippen molar-refractivity contribution in [2.45, 2.75) is 56.9 Å². The molecule has 1 aliphatic heterocycles. The highest BCUT2D eigenvalue weighted by molar-refractivity contribution is 6.31. The second-order valence-corrected chi connectivity index (χ2v) is 9.88. The van der Waals surface area contributed by atoms with E-state index in [1.165, 1.54) is 0 Å². The Bertz CT molecular complexity index is 1260. The molecule has 0 radical (unpaired) electrons. The van der Waals surface area contributed by atoms with Crippen molar-refractivity contribution in [1.82, 2.24) is 25.2 Å². The van der Waals surface area contributed by atoms with E-state index in [-0.39, 0.29) is 18.0 Å². The fourth-order valence-corrected chi connectivity index (χ4v) is 5.04. The number of carboxylic acid groups (broad SMARTS) is 1. The summed E-state index contributed by atoms with van der Waals surface area (Å²) in [4.78, 5) is 27.8. The van der Waals surface area contributed by atoms with E-state index in [9.17, 15) is 9.59 Å². The van der Waals surface area contributed by atoms with Gasteiger partial charge in [-0.15, -0.1) is 10.2 Å². The third-order valence-corrected chi connectivity index (χ3v) is 7.17. The summed E-state index contributed by atoms with van der Waals surface area (Å²) in [5.41, 5.74) is 3.83. The average Bonchev–Trinajstić information content (AvgIpc) is 3.34. The summed E-state index contributed by atoms with van der Waals surface area (Å²) < 4.78 is 5.60. The van der Waals surface area contributed by atoms with Crippen LogP contribution in [0, 0.1) is 5.92 Å². The van der Waals surface area contributed by atoms with E-state index < -0.39 is 5.97 Å². The molecule has 1 saturated carbocycles. The van der Waals surface area contributed by atoms with E-state index in [1.54, 1.807) is 0 Å². The number of hydrogen-bond acceptors (Lipinski definition) is 6. The first-order chi connectivity index (χ1) is 17.0. The van der Waals surface area contributed by atoms with Gasteiger partial charge in [-0.3, -0.25) is 9.59 Å². The third-order valence-electron chi connectivity index (χ3n) is 6.82. The number of pyridine rings is 1. The molecule has 9 nitrogen and oxygen atoms in total. The van der Waals surface area contributed by atoms with Crippen molar-refractivity contribution in [3.8, 4) is 0 Å². The summed E-state index contributed by atoms with van der Waals surface area (Å²) in [6, 6.07) is 10.1. The molecular weight excluding hydrogens is 470 g/mol. The number of carboxylic acids is 1. The minimum absolute atomic E-state index is 0.0174. The average molecular weight is 498 g/mol. The molecule has 2 N–H and O–H groups in total. The Hall–Kier alpha value is -3.04. The highest BCUT2D eigenvalue weighted by Gasteiger charge is 2.28. The molecule has 2 aromatic heterocycles. The lowest BCUT2D eigenvalue weighted by atomic mass is 9.85. The molecule has 184 valence electrons. The van der Waals surface area contributed by atoms with Gasteiger partial charge in [0.25, 0.3) is 5.56 Å². The molecular formula is C25H28ClN5O4. The monoisotopic (exact) mass is 497 g/mol. The summed E-state index contributed by atoms with van der Waals surface area (Å²) >= 11 is 6.69. The molecule has 35 heavy (non-hydrogen) atoms. The van der Waals surface area contributed by atoms with Crippen LogP contribution in [-0.4, -0.2) is 49.5 Å². The molecule has 2 fully saturated rings. The Morgan fingerprint density at radius 2 is 2.09 bits per heavy atom. The lowest BCUT2D eigenvalue weighted by molar-refractivity contribution is -0.138. The largest absolute Gasteiger partial charge is 0.480 e. The fraction of sp³-hybridized carbons (Fsp3) is 0.480. The predicted molar refractivity (Wildman–Crippen MR) is 129 cm³/mol. The summed E-state index contributed by atoms with van der Waals surface area (Å²) in [6.45, 7) is 1.20. The fourth-order valence-electron chi connectivity index (χ4n) is 4.76. The molecule has 3 heterocycles. The topological polar surface area (TPSA) is 123 Å². The Morgan fingerprint density at radius 1 is 1.23 bits per heavy atom. The number of aryl methyl sites for hydroxylation is 2. The normalized spacial score (nSPS) is 18.6. The van der Waals surface area contributed by atoms with Crippen LogP contribution in [0.25, 0.3) is 0 Å². The van der Waals surface area contributed by atoms with Crippen LogP contribution in [0.5, 0.6) is 0 Å². The zero-order valence-electron chi connectivity index (χ0n) is 19.3. The summed E-state index contributed by atoms with van der Waals surface area (Å²) in [5, 5.41) is 21.3. The second kappa shape index (κ2) is 10.3. The number of benzene rings is 1. The van der Waals surface area contributed by atoms with Gasteiger partial charge in [-0.1, -0.05) is 29.8 Å². The summed E-state index contributed by atoms with van der Waals surface area (Å²) in [5.74, 6) is 0.313. The van der Waals surface area contributed by atoms with Crippen LogP contribution in [0.2, 0.25) is 5.02 Å². The Balaban J connectivity index is 1.34. The number of tetrazole rings is 1. The van der Waals surface area contributed by atoms with Crippen molar-refractivity contribution in [3.63, 3.8) is 0 Å². The van der Waals surface area contributed by atoms with Gasteiger partial charge in [0.2, 0.25) is 0 Å². The highest BCUT2D eigenvalue weighted by Crippen LogP contribution is 2.39. The van der Waals surface area contributed by atoms with Crippen LogP contribution in [0.15, 0.2) is 35.1 Å². The van der Waals surface area contributed by atoms with E-state index in [0.29, 0.717) is 35.5 Å². The number of halogens is 1. The first-order valence-corrected chi connectivity index (χ1v) is 12.4. The molecule has 3 aromatic rings. The molecule has 2 atom stereocenters. The highest BCUT2D eigenvalue weighted by atomic mass is 35.5. The zero-order chi connectivity index (χ0) is 24.4. The molecule has 10 heteroatoms. The maximum Gasteiger partial charge on any atom is 0.327 e. The van der Waals surface area contributed by atoms with Gasteiger partial charge in [-0.2, -0.15) is 4.80 Å². The van der Waals surface area contributed by atoms with E-state index >= 15 is 0 Å². The molecule has 0 amide bonds. The molecule has 2 aliphatic rings. The minimum atomic E-state index is -1.02. The number of aromatic amines is 1. The van der Waals surface area contributed by atoms with E-state index in [2.05, 4.69) is 32.5 Å². The van der Waals surface area contributed by atoms with Gasteiger partial charge in [0.15, 0.2) is 12.4 Å². The number of aliphatic carboxylic acids is 1. The van der Waals surface area contributed by atoms with Gasteiger partial charge in [0, 0.05) is 41.8 Å². The molecule has 1 unspecified atom stereocenters. The number of rotatable bonds is 10. The van der Waals surface area contributed by atoms with Crippen LogP contribution in [0.1, 0.15) is 65.7 Å². The number of carbonyl (C=O) groups is 1. The number of H-pyrrole nitrogens is 1. The van der Waals surface area contributed by atoms with Gasteiger partial charge in [0.05, 0.1) is 0 Å². The Labute approximate surface area is 207 Å². The van der Waals surface area contributed by atoms with Gasteiger partial charge < -0.3 is 14.8 Å². The van der Waals surface area contributed by atoms with Crippen LogP contribution < -0.4 is 5.56 Å². The van der Waals surface area contributed by atoms with Crippen molar-refractivity contribution >= 4 is 17.6 Å². The minimum Gasteiger partial charge on any atom is -0.480 e. The van der Waals surface area contributed by atoms with Crippen LogP contribution in [-0.2, 0) is 28.9 Å². The van der Waals surface area contributed by atoms with E-state index in [4.69, 9.17) is 21.4 Å². The molecule has 5 rings (SSSR count). The Morgan fingerprint density at radius 3 is 2.77 bits per heavy atom. The third kappa shape index (κ3) is 5.79. The van der Waals surface area contributed by atoms with Gasteiger partial charge in [-0.05, 0) is 72.4 Å². The SMILES string of the molecule is O=C(O)Cn1nnc(CCc2ccc(C(C[C@H]3CCOC3)c3ccc(C4CC4)c(=O)[nH]3)cc2Cl)n1. The van der Waals surface area contributed by atoms with Crippen LogP contribution in [0.4, 0.5) is 0 Å².